The molecule has 0 spiro atoms. The molecule has 0 aliphatic heterocycles. The Morgan fingerprint density at radius 2 is 1.79 bits per heavy atom. The normalized spacial score (nSPS) is 12.2. The molecule has 1 aromatic carbocycles. The third-order valence-electron chi connectivity index (χ3n) is 3.23. The van der Waals surface area contributed by atoms with Gasteiger partial charge in [0.1, 0.15) is 0 Å². The third kappa shape index (κ3) is 3.58. The van der Waals surface area contributed by atoms with E-state index >= 15 is 0 Å². The summed E-state index contributed by atoms with van der Waals surface area (Å²) in [5, 5.41) is 10.9. The highest BCUT2D eigenvalue weighted by molar-refractivity contribution is 5.96. The number of halogens is 6. The molecule has 0 saturated heterocycles. The van der Waals surface area contributed by atoms with Crippen molar-refractivity contribution in [3.8, 4) is 17.2 Å². The molecule has 3 rings (SSSR count). The monoisotopic (exact) mass is 409 g/mol. The molecule has 0 atom stereocenters. The number of hydrogen-bond donors (Lipinski definition) is 1. The van der Waals surface area contributed by atoms with Crippen molar-refractivity contribution >= 4 is 11.7 Å². The Bertz CT molecular complexity index is 1080. The van der Waals surface area contributed by atoms with Gasteiger partial charge in [-0.1, -0.05) is 11.2 Å². The molecule has 2 aromatic heterocycles. The first-order chi connectivity index (χ1) is 13.0. The number of alkyl halides is 6. The van der Waals surface area contributed by atoms with Crippen LogP contribution in [0.5, 0.6) is 0 Å². The van der Waals surface area contributed by atoms with E-state index in [1.54, 1.807) is 0 Å². The molecule has 9 nitrogen and oxygen atoms in total. The van der Waals surface area contributed by atoms with Crippen molar-refractivity contribution < 1.29 is 40.3 Å². The average molecular weight is 409 g/mol. The second kappa shape index (κ2) is 6.50. The molecule has 0 bridgehead atoms. The lowest BCUT2D eigenvalue weighted by molar-refractivity contribution is -0.167. The molecule has 0 aliphatic rings. The van der Waals surface area contributed by atoms with Gasteiger partial charge in [0, 0.05) is 0 Å². The maximum absolute atomic E-state index is 12.9. The fourth-order valence-corrected chi connectivity index (χ4v) is 2.04. The Hall–Kier alpha value is -3.65. The zero-order valence-corrected chi connectivity index (χ0v) is 13.0. The number of amides is 1. The molecular formula is C13H5F6N5O4. The highest BCUT2D eigenvalue weighted by Crippen LogP contribution is 2.31. The van der Waals surface area contributed by atoms with Crippen molar-refractivity contribution in [2.75, 3.05) is 5.32 Å². The number of rotatable bonds is 3. The smallest absolute Gasteiger partial charge is 0.298 e. The standard InChI is InChI=1S/C13H5F6N5O4/c14-12(15,16)5-2-1-3-6(4-5)24-9(23-27-11(24)26)7-8(22-28-21-7)20-10(25)13(17,18)19/h1-4H,(H,20,22,25). The largest absolute Gasteiger partial charge is 0.471 e. The number of carbonyl (C=O) groups excluding carboxylic acids is 1. The van der Waals surface area contributed by atoms with Crippen LogP contribution in [0.15, 0.2) is 38.2 Å². The summed E-state index contributed by atoms with van der Waals surface area (Å²) in [6, 6.07) is 3.37. The van der Waals surface area contributed by atoms with E-state index in [1.807, 2.05) is 0 Å². The Kier molecular flexibility index (Phi) is 4.44. The summed E-state index contributed by atoms with van der Waals surface area (Å²) in [4.78, 5) is 22.9. The SMILES string of the molecule is O=C(Nc1nonc1-c1noc(=O)n1-c1cccc(C(F)(F)F)c1)C(F)(F)F. The third-order valence-corrected chi connectivity index (χ3v) is 3.23. The van der Waals surface area contributed by atoms with Crippen LogP contribution < -0.4 is 11.1 Å². The lowest BCUT2D eigenvalue weighted by Gasteiger charge is -2.09. The van der Waals surface area contributed by atoms with Gasteiger partial charge in [-0.2, -0.15) is 26.3 Å². The van der Waals surface area contributed by atoms with Gasteiger partial charge in [0.05, 0.1) is 11.3 Å². The zero-order chi connectivity index (χ0) is 20.7. The minimum absolute atomic E-state index is 0.382. The first-order valence-corrected chi connectivity index (χ1v) is 6.96. The van der Waals surface area contributed by atoms with E-state index < -0.39 is 46.9 Å². The Labute approximate surface area is 148 Å². The summed E-state index contributed by atoms with van der Waals surface area (Å²) in [7, 11) is 0. The van der Waals surface area contributed by atoms with E-state index in [0.29, 0.717) is 10.6 Å². The summed E-state index contributed by atoms with van der Waals surface area (Å²) in [5.74, 6) is -5.23. The van der Waals surface area contributed by atoms with Crippen LogP contribution in [0.4, 0.5) is 32.2 Å². The number of benzene rings is 1. The fourth-order valence-electron chi connectivity index (χ4n) is 2.04. The summed E-state index contributed by atoms with van der Waals surface area (Å²) in [6.45, 7) is 0. The molecule has 1 amide bonds. The van der Waals surface area contributed by atoms with Gasteiger partial charge >= 0.3 is 24.0 Å². The number of hydrogen-bond acceptors (Lipinski definition) is 7. The first-order valence-electron chi connectivity index (χ1n) is 6.96. The van der Waals surface area contributed by atoms with Crippen LogP contribution >= 0.6 is 0 Å². The first kappa shape index (κ1) is 19.1. The molecule has 0 aliphatic carbocycles. The summed E-state index contributed by atoms with van der Waals surface area (Å²) < 4.78 is 84.9. The molecule has 148 valence electrons. The molecule has 0 radical (unpaired) electrons. The van der Waals surface area contributed by atoms with E-state index in [1.165, 1.54) is 5.32 Å². The molecule has 15 heteroatoms. The quantitative estimate of drug-likeness (QED) is 0.661. The molecule has 0 fully saturated rings. The van der Waals surface area contributed by atoms with Gasteiger partial charge < -0.3 is 0 Å². The van der Waals surface area contributed by atoms with Crippen LogP contribution in [-0.2, 0) is 11.0 Å². The van der Waals surface area contributed by atoms with Crippen molar-refractivity contribution in [3.05, 3.63) is 40.4 Å². The van der Waals surface area contributed by atoms with Crippen LogP contribution in [0.2, 0.25) is 0 Å². The Balaban J connectivity index is 2.08. The van der Waals surface area contributed by atoms with Gasteiger partial charge in [0.15, 0.2) is 5.69 Å². The van der Waals surface area contributed by atoms with Crippen LogP contribution in [0.3, 0.4) is 0 Å². The molecule has 1 N–H and O–H groups in total. The van der Waals surface area contributed by atoms with Gasteiger partial charge in [0.2, 0.25) is 11.6 Å². The van der Waals surface area contributed by atoms with Crippen molar-refractivity contribution in [2.24, 2.45) is 0 Å². The minimum atomic E-state index is -5.28. The van der Waals surface area contributed by atoms with Gasteiger partial charge in [-0.25, -0.2) is 14.0 Å². The van der Waals surface area contributed by atoms with Gasteiger partial charge in [0.25, 0.3) is 0 Å². The predicted molar refractivity (Wildman–Crippen MR) is 75.1 cm³/mol. The van der Waals surface area contributed by atoms with Crippen LogP contribution in [-0.4, -0.2) is 32.1 Å². The summed E-state index contributed by atoms with van der Waals surface area (Å²) in [6.07, 6.45) is -10.0. The van der Waals surface area contributed by atoms with E-state index in [4.69, 9.17) is 0 Å². The van der Waals surface area contributed by atoms with Crippen LogP contribution in [0.1, 0.15) is 5.56 Å². The fraction of sp³-hybridized carbons (Fsp3) is 0.154. The van der Waals surface area contributed by atoms with E-state index in [-0.39, 0.29) is 5.69 Å². The second-order valence-corrected chi connectivity index (χ2v) is 5.07. The highest BCUT2D eigenvalue weighted by atomic mass is 19.4. The second-order valence-electron chi connectivity index (χ2n) is 5.07. The van der Waals surface area contributed by atoms with Crippen LogP contribution in [0.25, 0.3) is 17.2 Å². The number of nitrogens with one attached hydrogen (secondary N) is 1. The van der Waals surface area contributed by atoms with Crippen molar-refractivity contribution in [1.29, 1.82) is 0 Å². The van der Waals surface area contributed by atoms with Gasteiger partial charge in [-0.05, 0) is 28.5 Å². The number of aromatic nitrogens is 4. The molecule has 28 heavy (non-hydrogen) atoms. The predicted octanol–water partition coefficient (Wildman–Crippen LogP) is 2.40. The lowest BCUT2D eigenvalue weighted by atomic mass is 10.2. The summed E-state index contributed by atoms with van der Waals surface area (Å²) in [5.41, 5.74) is -2.18. The molecule has 3 aromatic rings. The number of anilines is 1. The van der Waals surface area contributed by atoms with Gasteiger partial charge in [-0.3, -0.25) is 14.6 Å². The van der Waals surface area contributed by atoms with E-state index in [2.05, 4.69) is 24.6 Å². The van der Waals surface area contributed by atoms with Crippen LogP contribution in [0, 0.1) is 0 Å². The van der Waals surface area contributed by atoms with Gasteiger partial charge in [-0.15, -0.1) is 0 Å². The molecular weight excluding hydrogens is 404 g/mol. The topological polar surface area (TPSA) is 116 Å². The highest BCUT2D eigenvalue weighted by Gasteiger charge is 2.40. The molecule has 0 saturated carbocycles. The number of nitrogens with zero attached hydrogens (tertiary/aromatic N) is 4. The molecule has 0 unspecified atom stereocenters. The Morgan fingerprint density at radius 1 is 1.07 bits per heavy atom. The number of carbonyl (C=O) groups is 1. The maximum Gasteiger partial charge on any atom is 0.471 e. The van der Waals surface area contributed by atoms with E-state index in [0.717, 1.165) is 18.2 Å². The zero-order valence-electron chi connectivity index (χ0n) is 13.0. The minimum Gasteiger partial charge on any atom is -0.298 e. The van der Waals surface area contributed by atoms with Crippen molar-refractivity contribution in [3.63, 3.8) is 0 Å². The maximum atomic E-state index is 12.9. The molecule has 2 heterocycles. The lowest BCUT2D eigenvalue weighted by Crippen LogP contribution is -2.30. The van der Waals surface area contributed by atoms with E-state index in [9.17, 15) is 35.9 Å². The Morgan fingerprint density at radius 3 is 2.43 bits per heavy atom. The summed E-state index contributed by atoms with van der Waals surface area (Å²) >= 11 is 0. The van der Waals surface area contributed by atoms with Crippen molar-refractivity contribution in [2.45, 2.75) is 12.4 Å². The van der Waals surface area contributed by atoms with Crippen molar-refractivity contribution in [1.82, 2.24) is 20.0 Å². The average Bonchev–Trinajstić information content (AvgIpc) is 3.19.